The maximum Gasteiger partial charge on any atom is 0.325 e. The first-order valence-corrected chi connectivity index (χ1v) is 5.64. The number of ether oxygens (including phenoxy) is 2. The highest BCUT2D eigenvalue weighted by molar-refractivity contribution is 9.10. The first kappa shape index (κ1) is 14.0. The van der Waals surface area contributed by atoms with Gasteiger partial charge < -0.3 is 20.3 Å². The van der Waals surface area contributed by atoms with Crippen LogP contribution in [-0.4, -0.2) is 25.3 Å². The lowest BCUT2D eigenvalue weighted by molar-refractivity contribution is -0.138. The molecule has 1 atom stereocenters. The lowest BCUT2D eigenvalue weighted by Crippen LogP contribution is -2.22. The van der Waals surface area contributed by atoms with E-state index in [0.29, 0.717) is 21.3 Å². The fourth-order valence-corrected chi connectivity index (χ4v) is 1.99. The first-order valence-electron chi connectivity index (χ1n) is 4.84. The molecule has 0 saturated carbocycles. The second-order valence-corrected chi connectivity index (χ2v) is 4.29. The van der Waals surface area contributed by atoms with Crippen molar-refractivity contribution in [3.8, 4) is 5.75 Å². The van der Waals surface area contributed by atoms with Crippen LogP contribution in [0.2, 0.25) is 0 Å². The van der Waals surface area contributed by atoms with Crippen molar-refractivity contribution in [2.45, 2.75) is 12.6 Å². The van der Waals surface area contributed by atoms with Crippen LogP contribution >= 0.6 is 15.9 Å². The van der Waals surface area contributed by atoms with E-state index >= 15 is 0 Å². The predicted molar refractivity (Wildman–Crippen MR) is 66.0 cm³/mol. The Kier molecular flexibility index (Phi) is 4.92. The van der Waals surface area contributed by atoms with Crippen LogP contribution in [-0.2, 0) is 16.1 Å². The molecular weight excluding hydrogens is 290 g/mol. The van der Waals surface area contributed by atoms with E-state index in [1.54, 1.807) is 12.1 Å². The van der Waals surface area contributed by atoms with E-state index in [1.165, 1.54) is 14.2 Å². The quantitative estimate of drug-likeness (QED) is 0.865. The number of rotatable bonds is 5. The van der Waals surface area contributed by atoms with Crippen molar-refractivity contribution < 1.29 is 19.4 Å². The molecule has 0 aromatic heterocycles. The lowest BCUT2D eigenvalue weighted by atomic mass is 10.0. The first-order chi connectivity index (χ1) is 8.01. The molecular formula is C11H14BrNO4. The molecule has 0 aliphatic rings. The highest BCUT2D eigenvalue weighted by Gasteiger charge is 2.20. The normalized spacial score (nSPS) is 12.2. The van der Waals surface area contributed by atoms with E-state index in [4.69, 9.17) is 20.3 Å². The minimum absolute atomic E-state index is 0.278. The Morgan fingerprint density at radius 1 is 1.53 bits per heavy atom. The molecule has 0 heterocycles. The number of halogens is 1. The van der Waals surface area contributed by atoms with Crippen molar-refractivity contribution in [2.24, 2.45) is 5.73 Å². The number of nitrogens with two attached hydrogens (primary N) is 1. The van der Waals surface area contributed by atoms with Gasteiger partial charge in [-0.2, -0.15) is 0 Å². The van der Waals surface area contributed by atoms with Gasteiger partial charge in [0.2, 0.25) is 0 Å². The van der Waals surface area contributed by atoms with Crippen LogP contribution in [0.5, 0.6) is 5.75 Å². The summed E-state index contributed by atoms with van der Waals surface area (Å²) in [5.74, 6) is -0.474. The number of hydrogen-bond donors (Lipinski definition) is 2. The van der Waals surface area contributed by atoms with Gasteiger partial charge in [-0.05, 0) is 39.2 Å². The minimum atomic E-state index is -1.08. The molecule has 5 nitrogen and oxygen atoms in total. The molecule has 0 radical (unpaired) electrons. The molecule has 1 unspecified atom stereocenters. The van der Waals surface area contributed by atoms with E-state index < -0.39 is 12.0 Å². The number of carboxylic acids is 1. The van der Waals surface area contributed by atoms with Crippen LogP contribution in [0.1, 0.15) is 17.2 Å². The summed E-state index contributed by atoms with van der Waals surface area (Å²) in [6, 6.07) is 2.28. The van der Waals surface area contributed by atoms with Crippen molar-refractivity contribution in [3.05, 3.63) is 27.7 Å². The standard InChI is InChI=1S/C11H14BrNO4/c1-16-5-6-3-9(17-2)8(12)4-7(6)10(13)11(14)15/h3-4,10H,5,13H2,1-2H3,(H,14,15). The average molecular weight is 304 g/mol. The summed E-state index contributed by atoms with van der Waals surface area (Å²) in [6.07, 6.45) is 0. The largest absolute Gasteiger partial charge is 0.496 e. The number of carbonyl (C=O) groups is 1. The van der Waals surface area contributed by atoms with Crippen LogP contribution in [0.4, 0.5) is 0 Å². The molecule has 6 heteroatoms. The van der Waals surface area contributed by atoms with Gasteiger partial charge in [0.1, 0.15) is 11.8 Å². The summed E-state index contributed by atoms with van der Waals surface area (Å²) in [5.41, 5.74) is 6.82. The highest BCUT2D eigenvalue weighted by atomic mass is 79.9. The van der Waals surface area contributed by atoms with Crippen molar-refractivity contribution in [1.82, 2.24) is 0 Å². The Balaban J connectivity index is 3.26. The third-order valence-electron chi connectivity index (χ3n) is 2.31. The number of methoxy groups -OCH3 is 2. The van der Waals surface area contributed by atoms with Gasteiger partial charge in [-0.1, -0.05) is 0 Å². The number of benzene rings is 1. The molecule has 0 aliphatic carbocycles. The number of carboxylic acid groups (broad SMARTS) is 1. The molecule has 1 rings (SSSR count). The lowest BCUT2D eigenvalue weighted by Gasteiger charge is -2.15. The van der Waals surface area contributed by atoms with Gasteiger partial charge in [-0.3, -0.25) is 4.79 Å². The molecule has 94 valence electrons. The van der Waals surface area contributed by atoms with Crippen LogP contribution in [0.3, 0.4) is 0 Å². The predicted octanol–water partition coefficient (Wildman–Crippen LogP) is 1.69. The zero-order valence-corrected chi connectivity index (χ0v) is 11.2. The van der Waals surface area contributed by atoms with E-state index in [0.717, 1.165) is 0 Å². The minimum Gasteiger partial charge on any atom is -0.496 e. The van der Waals surface area contributed by atoms with Crippen LogP contribution in [0.25, 0.3) is 0 Å². The van der Waals surface area contributed by atoms with Gasteiger partial charge >= 0.3 is 5.97 Å². The highest BCUT2D eigenvalue weighted by Crippen LogP contribution is 2.31. The zero-order chi connectivity index (χ0) is 13.0. The Bertz CT molecular complexity index is 422. The second-order valence-electron chi connectivity index (χ2n) is 3.43. The summed E-state index contributed by atoms with van der Waals surface area (Å²) in [4.78, 5) is 10.9. The van der Waals surface area contributed by atoms with E-state index in [1.807, 2.05) is 0 Å². The molecule has 0 saturated heterocycles. The summed E-state index contributed by atoms with van der Waals surface area (Å²) in [5, 5.41) is 8.93. The molecule has 0 amide bonds. The Morgan fingerprint density at radius 2 is 2.18 bits per heavy atom. The Hall–Kier alpha value is -1.11. The molecule has 0 aliphatic heterocycles. The third kappa shape index (κ3) is 3.18. The van der Waals surface area contributed by atoms with Gasteiger partial charge in [0, 0.05) is 7.11 Å². The summed E-state index contributed by atoms with van der Waals surface area (Å²) >= 11 is 3.30. The molecule has 1 aromatic carbocycles. The fourth-order valence-electron chi connectivity index (χ4n) is 1.47. The van der Waals surface area contributed by atoms with E-state index in [-0.39, 0.29) is 6.61 Å². The van der Waals surface area contributed by atoms with Crippen molar-refractivity contribution in [2.75, 3.05) is 14.2 Å². The molecule has 1 aromatic rings. The molecule has 0 bridgehead atoms. The number of hydrogen-bond acceptors (Lipinski definition) is 4. The smallest absolute Gasteiger partial charge is 0.325 e. The van der Waals surface area contributed by atoms with Gasteiger partial charge in [-0.15, -0.1) is 0 Å². The van der Waals surface area contributed by atoms with Gasteiger partial charge in [-0.25, -0.2) is 0 Å². The van der Waals surface area contributed by atoms with Gasteiger partial charge in [0.25, 0.3) is 0 Å². The monoisotopic (exact) mass is 303 g/mol. The van der Waals surface area contributed by atoms with Crippen LogP contribution in [0.15, 0.2) is 16.6 Å². The maximum absolute atomic E-state index is 10.9. The average Bonchev–Trinajstić information content (AvgIpc) is 2.30. The SMILES string of the molecule is COCc1cc(OC)c(Br)cc1C(N)C(=O)O. The van der Waals surface area contributed by atoms with E-state index in [9.17, 15) is 4.79 Å². The third-order valence-corrected chi connectivity index (χ3v) is 2.93. The summed E-state index contributed by atoms with van der Waals surface area (Å²) in [7, 11) is 3.07. The second kappa shape index (κ2) is 6.00. The molecule has 17 heavy (non-hydrogen) atoms. The Labute approximate surface area is 108 Å². The zero-order valence-electron chi connectivity index (χ0n) is 9.57. The summed E-state index contributed by atoms with van der Waals surface area (Å²) in [6.45, 7) is 0.278. The molecule has 3 N–H and O–H groups in total. The van der Waals surface area contributed by atoms with Gasteiger partial charge in [0.15, 0.2) is 0 Å². The van der Waals surface area contributed by atoms with Gasteiger partial charge in [0.05, 0.1) is 18.2 Å². The van der Waals surface area contributed by atoms with Crippen molar-refractivity contribution >= 4 is 21.9 Å². The van der Waals surface area contributed by atoms with Crippen molar-refractivity contribution in [3.63, 3.8) is 0 Å². The van der Waals surface area contributed by atoms with Crippen LogP contribution in [0, 0.1) is 0 Å². The summed E-state index contributed by atoms with van der Waals surface area (Å²) < 4.78 is 10.8. The molecule has 0 fully saturated rings. The molecule has 0 spiro atoms. The number of aliphatic carboxylic acids is 1. The van der Waals surface area contributed by atoms with Crippen molar-refractivity contribution in [1.29, 1.82) is 0 Å². The maximum atomic E-state index is 10.9. The topological polar surface area (TPSA) is 81.8 Å². The van der Waals surface area contributed by atoms with E-state index in [2.05, 4.69) is 15.9 Å². The Morgan fingerprint density at radius 3 is 2.65 bits per heavy atom. The van der Waals surface area contributed by atoms with Crippen LogP contribution < -0.4 is 10.5 Å². The fraction of sp³-hybridized carbons (Fsp3) is 0.364.